The van der Waals surface area contributed by atoms with Gasteiger partial charge in [0.25, 0.3) is 0 Å². The highest BCUT2D eigenvalue weighted by Gasteiger charge is 2.22. The van der Waals surface area contributed by atoms with Gasteiger partial charge in [0.2, 0.25) is 11.8 Å². The molecule has 0 saturated carbocycles. The van der Waals surface area contributed by atoms with E-state index in [0.29, 0.717) is 19.4 Å². The van der Waals surface area contributed by atoms with E-state index in [9.17, 15) is 28.8 Å². The van der Waals surface area contributed by atoms with Crippen molar-refractivity contribution in [2.75, 3.05) is 26.7 Å². The van der Waals surface area contributed by atoms with Crippen LogP contribution < -0.4 is 26.6 Å². The summed E-state index contributed by atoms with van der Waals surface area (Å²) in [6, 6.07) is -3.49. The number of amides is 4. The third kappa shape index (κ3) is 13.6. The Bertz CT molecular complexity index is 598. The van der Waals surface area contributed by atoms with E-state index in [1.165, 1.54) is 0 Å². The highest BCUT2D eigenvalue weighted by Crippen LogP contribution is 2.00. The van der Waals surface area contributed by atoms with Crippen molar-refractivity contribution >= 4 is 36.1 Å². The highest BCUT2D eigenvalue weighted by atomic mass is 16.4. The number of rotatable bonds is 15. The lowest BCUT2D eigenvalue weighted by atomic mass is 10.1. The first-order valence-corrected chi connectivity index (χ1v) is 8.84. The monoisotopic (exact) mass is 417 g/mol. The molecule has 164 valence electrons. The zero-order chi connectivity index (χ0) is 22.2. The van der Waals surface area contributed by atoms with Crippen LogP contribution in [0.2, 0.25) is 0 Å². The quantitative estimate of drug-likeness (QED) is 0.110. The number of carboxylic acids is 2. The molecule has 0 aromatic carbocycles. The molecule has 0 heterocycles. The summed E-state index contributed by atoms with van der Waals surface area (Å²) < 4.78 is 0. The van der Waals surface area contributed by atoms with E-state index in [0.717, 1.165) is 0 Å². The fourth-order valence-corrected chi connectivity index (χ4v) is 2.01. The average Bonchev–Trinajstić information content (AvgIpc) is 2.66. The first kappa shape index (κ1) is 25.8. The zero-order valence-corrected chi connectivity index (χ0v) is 16.0. The van der Waals surface area contributed by atoms with Gasteiger partial charge in [0.05, 0.1) is 12.6 Å². The first-order chi connectivity index (χ1) is 13.7. The lowest BCUT2D eigenvalue weighted by Gasteiger charge is -2.17. The van der Waals surface area contributed by atoms with E-state index >= 15 is 0 Å². The first-order valence-electron chi connectivity index (χ1n) is 8.84. The van der Waals surface area contributed by atoms with Crippen LogP contribution >= 0.6 is 0 Å². The molecule has 2 atom stereocenters. The smallest absolute Gasteiger partial charge is 0.326 e. The molecular weight excluding hydrogens is 390 g/mol. The Morgan fingerprint density at radius 3 is 2.14 bits per heavy atom. The van der Waals surface area contributed by atoms with Crippen LogP contribution in [0, 0.1) is 0 Å². The predicted molar refractivity (Wildman–Crippen MR) is 99.0 cm³/mol. The SMILES string of the molecule is CNCCNC(=O)CNC(=O)CCC(NC(=O)NC(C=O)CCC(=O)O)C(=O)O. The topological polar surface area (TPSA) is 203 Å². The van der Waals surface area contributed by atoms with Gasteiger partial charge in [0, 0.05) is 25.9 Å². The maximum atomic E-state index is 11.8. The Morgan fingerprint density at radius 1 is 0.897 bits per heavy atom. The van der Waals surface area contributed by atoms with Crippen LogP contribution in [0.5, 0.6) is 0 Å². The van der Waals surface area contributed by atoms with Gasteiger partial charge in [0.15, 0.2) is 0 Å². The molecule has 0 spiro atoms. The summed E-state index contributed by atoms with van der Waals surface area (Å²) in [5.41, 5.74) is 0. The van der Waals surface area contributed by atoms with Crippen molar-refractivity contribution in [3.63, 3.8) is 0 Å². The number of carboxylic acid groups (broad SMARTS) is 2. The molecule has 13 nitrogen and oxygen atoms in total. The second-order valence-corrected chi connectivity index (χ2v) is 5.95. The summed E-state index contributed by atoms with van der Waals surface area (Å²) in [5, 5.41) is 29.7. The number of nitrogens with one attached hydrogen (secondary N) is 5. The van der Waals surface area contributed by atoms with Gasteiger partial charge < -0.3 is 41.6 Å². The second kappa shape index (κ2) is 14.8. The molecule has 0 aromatic rings. The third-order valence-corrected chi connectivity index (χ3v) is 3.56. The zero-order valence-electron chi connectivity index (χ0n) is 16.0. The van der Waals surface area contributed by atoms with E-state index in [1.807, 2.05) is 0 Å². The number of hydrogen-bond acceptors (Lipinski definition) is 7. The van der Waals surface area contributed by atoms with Crippen molar-refractivity contribution in [1.29, 1.82) is 0 Å². The Balaban J connectivity index is 4.36. The van der Waals surface area contributed by atoms with Gasteiger partial charge in [-0.25, -0.2) is 9.59 Å². The van der Waals surface area contributed by atoms with E-state index in [-0.39, 0.29) is 32.2 Å². The molecule has 4 amide bonds. The number of urea groups is 1. The van der Waals surface area contributed by atoms with Crippen molar-refractivity contribution in [1.82, 2.24) is 26.6 Å². The molecule has 2 unspecified atom stereocenters. The van der Waals surface area contributed by atoms with Crippen LogP contribution in [0.4, 0.5) is 4.79 Å². The maximum Gasteiger partial charge on any atom is 0.326 e. The fourth-order valence-electron chi connectivity index (χ4n) is 2.01. The van der Waals surface area contributed by atoms with Crippen molar-refractivity contribution in [3.8, 4) is 0 Å². The summed E-state index contributed by atoms with van der Waals surface area (Å²) in [7, 11) is 1.72. The molecule has 0 fully saturated rings. The largest absolute Gasteiger partial charge is 0.481 e. The van der Waals surface area contributed by atoms with E-state index in [4.69, 9.17) is 10.2 Å². The number of carbonyl (C=O) groups is 6. The second-order valence-electron chi connectivity index (χ2n) is 5.95. The molecule has 0 rings (SSSR count). The summed E-state index contributed by atoms with van der Waals surface area (Å²) in [4.78, 5) is 67.6. The molecule has 0 saturated heterocycles. The Labute approximate surface area is 167 Å². The number of aliphatic carboxylic acids is 2. The molecule has 0 aliphatic rings. The molecule has 0 aliphatic carbocycles. The molecule has 0 radical (unpaired) electrons. The minimum atomic E-state index is -1.42. The summed E-state index contributed by atoms with van der Waals surface area (Å²) in [6.07, 6.45) is -0.682. The van der Waals surface area contributed by atoms with Gasteiger partial charge in [-0.05, 0) is 19.9 Å². The Kier molecular flexibility index (Phi) is 13.1. The standard InChI is InChI=1S/C16H27N5O8/c1-17-6-7-18-13(24)8-19-12(23)4-3-11(15(27)28)21-16(29)20-10(9-22)2-5-14(25)26/h9-11,17H,2-8H2,1H3,(H,18,24)(H,19,23)(H,25,26)(H,27,28)(H2,20,21,29). The van der Waals surface area contributed by atoms with E-state index in [2.05, 4.69) is 26.6 Å². The summed E-state index contributed by atoms with van der Waals surface area (Å²) in [6.45, 7) is 0.688. The van der Waals surface area contributed by atoms with Crippen LogP contribution in [-0.4, -0.2) is 85.0 Å². The molecule has 13 heteroatoms. The summed E-state index contributed by atoms with van der Waals surface area (Å²) in [5.74, 6) is -3.52. The third-order valence-electron chi connectivity index (χ3n) is 3.56. The molecular formula is C16H27N5O8. The van der Waals surface area contributed by atoms with Gasteiger partial charge in [-0.2, -0.15) is 0 Å². The summed E-state index contributed by atoms with van der Waals surface area (Å²) >= 11 is 0. The highest BCUT2D eigenvalue weighted by molar-refractivity contribution is 5.86. The van der Waals surface area contributed by atoms with Crippen molar-refractivity contribution < 1.29 is 39.0 Å². The minimum Gasteiger partial charge on any atom is -0.481 e. The van der Waals surface area contributed by atoms with Gasteiger partial charge in [-0.15, -0.1) is 0 Å². The lowest BCUT2D eigenvalue weighted by Crippen LogP contribution is -2.50. The van der Waals surface area contributed by atoms with Crippen molar-refractivity contribution in [2.24, 2.45) is 0 Å². The molecule has 0 aliphatic heterocycles. The van der Waals surface area contributed by atoms with Crippen LogP contribution in [0.1, 0.15) is 25.7 Å². The Hall–Kier alpha value is -3.22. The van der Waals surface area contributed by atoms with Crippen LogP contribution in [-0.2, 0) is 24.0 Å². The van der Waals surface area contributed by atoms with E-state index < -0.39 is 41.9 Å². The average molecular weight is 417 g/mol. The normalized spacial score (nSPS) is 12.2. The number of hydrogen-bond donors (Lipinski definition) is 7. The predicted octanol–water partition coefficient (Wildman–Crippen LogP) is -2.60. The maximum absolute atomic E-state index is 11.8. The minimum absolute atomic E-state index is 0.150. The van der Waals surface area contributed by atoms with Crippen LogP contribution in [0.15, 0.2) is 0 Å². The van der Waals surface area contributed by atoms with Gasteiger partial charge in [-0.3, -0.25) is 14.4 Å². The van der Waals surface area contributed by atoms with E-state index in [1.54, 1.807) is 7.05 Å². The number of aldehydes is 1. The Morgan fingerprint density at radius 2 is 1.59 bits per heavy atom. The number of carbonyl (C=O) groups excluding carboxylic acids is 4. The molecule has 29 heavy (non-hydrogen) atoms. The fraction of sp³-hybridized carbons (Fsp3) is 0.625. The van der Waals surface area contributed by atoms with Crippen LogP contribution in [0.3, 0.4) is 0 Å². The van der Waals surface area contributed by atoms with Crippen molar-refractivity contribution in [2.45, 2.75) is 37.8 Å². The molecule has 0 aromatic heterocycles. The van der Waals surface area contributed by atoms with Crippen LogP contribution in [0.25, 0.3) is 0 Å². The van der Waals surface area contributed by atoms with Gasteiger partial charge in [-0.1, -0.05) is 0 Å². The van der Waals surface area contributed by atoms with Gasteiger partial charge in [0.1, 0.15) is 12.3 Å². The lowest BCUT2D eigenvalue weighted by molar-refractivity contribution is -0.139. The van der Waals surface area contributed by atoms with Gasteiger partial charge >= 0.3 is 18.0 Å². The van der Waals surface area contributed by atoms with Crippen molar-refractivity contribution in [3.05, 3.63) is 0 Å². The molecule has 0 bridgehead atoms. The number of likely N-dealkylation sites (N-methyl/N-ethyl adjacent to an activating group) is 1. The molecule has 7 N–H and O–H groups in total.